The van der Waals surface area contributed by atoms with Crippen LogP contribution in [0.2, 0.25) is 0 Å². The first-order chi connectivity index (χ1) is 9.62. The van der Waals surface area contributed by atoms with Crippen LogP contribution in [0, 0.1) is 6.92 Å². The van der Waals surface area contributed by atoms with Crippen molar-refractivity contribution in [2.45, 2.75) is 31.7 Å². The average Bonchev–Trinajstić information content (AvgIpc) is 2.98. The maximum atomic E-state index is 12.4. The van der Waals surface area contributed by atoms with Gasteiger partial charge in [0.05, 0.1) is 0 Å². The Morgan fingerprint density at radius 2 is 2.30 bits per heavy atom. The number of nitrogens with zero attached hydrogens (tertiary/aromatic N) is 2. The molecule has 0 saturated carbocycles. The molecule has 1 spiro atoms. The summed E-state index contributed by atoms with van der Waals surface area (Å²) in [5.41, 5.74) is 0.200. The minimum Gasteiger partial charge on any atom is -0.354 e. The maximum absolute atomic E-state index is 12.4. The predicted molar refractivity (Wildman–Crippen MR) is 74.3 cm³/mol. The van der Waals surface area contributed by atoms with Gasteiger partial charge in [-0.25, -0.2) is 9.78 Å². The molecule has 2 fully saturated rings. The van der Waals surface area contributed by atoms with Gasteiger partial charge in [-0.1, -0.05) is 6.07 Å². The molecule has 0 unspecified atom stereocenters. The lowest BCUT2D eigenvalue weighted by atomic mass is 9.94. The number of amides is 3. The Morgan fingerprint density at radius 3 is 3.00 bits per heavy atom. The third-order valence-electron chi connectivity index (χ3n) is 4.10. The Hall–Kier alpha value is -2.11. The molecule has 2 saturated heterocycles. The van der Waals surface area contributed by atoms with Gasteiger partial charge in [-0.3, -0.25) is 10.1 Å². The van der Waals surface area contributed by atoms with Gasteiger partial charge in [0, 0.05) is 18.8 Å². The summed E-state index contributed by atoms with van der Waals surface area (Å²) >= 11 is 0. The molecular weight excluding hydrogens is 256 g/mol. The molecule has 0 radical (unpaired) electrons. The van der Waals surface area contributed by atoms with Crippen molar-refractivity contribution in [2.24, 2.45) is 0 Å². The van der Waals surface area contributed by atoms with Crippen molar-refractivity contribution in [3.63, 3.8) is 0 Å². The van der Waals surface area contributed by atoms with Gasteiger partial charge in [-0.05, 0) is 38.3 Å². The first kappa shape index (κ1) is 12.9. The molecule has 2 N–H and O–H groups in total. The van der Waals surface area contributed by atoms with Crippen molar-refractivity contribution in [1.82, 2.24) is 15.2 Å². The van der Waals surface area contributed by atoms with Crippen LogP contribution in [0.1, 0.15) is 25.0 Å². The fourth-order valence-electron chi connectivity index (χ4n) is 3.12. The summed E-state index contributed by atoms with van der Waals surface area (Å²) < 4.78 is 0. The van der Waals surface area contributed by atoms with Crippen molar-refractivity contribution in [3.8, 4) is 0 Å². The molecule has 106 valence electrons. The van der Waals surface area contributed by atoms with Crippen LogP contribution < -0.4 is 10.6 Å². The summed E-state index contributed by atoms with van der Waals surface area (Å²) in [6.07, 6.45) is 2.30. The van der Waals surface area contributed by atoms with E-state index in [9.17, 15) is 9.59 Å². The zero-order valence-electron chi connectivity index (χ0n) is 11.5. The third kappa shape index (κ3) is 2.01. The van der Waals surface area contributed by atoms with Crippen LogP contribution in [-0.4, -0.2) is 40.5 Å². The summed E-state index contributed by atoms with van der Waals surface area (Å²) in [5, 5.41) is 5.63. The molecule has 0 bridgehead atoms. The zero-order chi connectivity index (χ0) is 14.2. The monoisotopic (exact) mass is 274 g/mol. The number of pyridine rings is 1. The third-order valence-corrected chi connectivity index (χ3v) is 4.10. The smallest absolute Gasteiger partial charge is 0.323 e. The van der Waals surface area contributed by atoms with Crippen LogP contribution in [-0.2, 0) is 4.79 Å². The molecular formula is C14H18N4O2. The highest BCUT2D eigenvalue weighted by Crippen LogP contribution is 2.35. The fraction of sp³-hybridized carbons (Fsp3) is 0.500. The molecule has 6 heteroatoms. The Labute approximate surface area is 117 Å². The summed E-state index contributed by atoms with van der Waals surface area (Å²) in [6, 6.07) is 5.23. The van der Waals surface area contributed by atoms with Crippen molar-refractivity contribution in [2.75, 3.05) is 18.4 Å². The van der Waals surface area contributed by atoms with E-state index in [0.29, 0.717) is 25.3 Å². The van der Waals surface area contributed by atoms with Crippen LogP contribution in [0.3, 0.4) is 0 Å². The highest BCUT2D eigenvalue weighted by Gasteiger charge is 2.52. The van der Waals surface area contributed by atoms with Gasteiger partial charge in [0.25, 0.3) is 0 Å². The number of carbonyl (C=O) groups is 2. The number of rotatable bonds is 1. The highest BCUT2D eigenvalue weighted by atomic mass is 16.2. The molecule has 0 aliphatic carbocycles. The number of hydrogen-bond donors (Lipinski definition) is 2. The van der Waals surface area contributed by atoms with E-state index in [0.717, 1.165) is 18.5 Å². The number of urea groups is 1. The topological polar surface area (TPSA) is 74.3 Å². The van der Waals surface area contributed by atoms with Crippen molar-refractivity contribution in [1.29, 1.82) is 0 Å². The minimum atomic E-state index is -0.645. The van der Waals surface area contributed by atoms with Gasteiger partial charge in [0.2, 0.25) is 5.91 Å². The van der Waals surface area contributed by atoms with Crippen molar-refractivity contribution >= 4 is 17.8 Å². The van der Waals surface area contributed by atoms with Gasteiger partial charge in [-0.2, -0.15) is 0 Å². The van der Waals surface area contributed by atoms with Gasteiger partial charge in [-0.15, -0.1) is 0 Å². The van der Waals surface area contributed by atoms with Crippen LogP contribution >= 0.6 is 0 Å². The number of anilines is 1. The highest BCUT2D eigenvalue weighted by molar-refractivity contribution is 5.97. The van der Waals surface area contributed by atoms with Crippen LogP contribution in [0.5, 0.6) is 0 Å². The van der Waals surface area contributed by atoms with E-state index < -0.39 is 5.54 Å². The second kappa shape index (κ2) is 4.77. The number of likely N-dealkylation sites (tertiary alicyclic amines) is 1. The van der Waals surface area contributed by atoms with E-state index in [1.165, 1.54) is 0 Å². The summed E-state index contributed by atoms with van der Waals surface area (Å²) in [4.78, 5) is 30.4. The Kier molecular flexibility index (Phi) is 3.08. The van der Waals surface area contributed by atoms with Gasteiger partial charge >= 0.3 is 6.03 Å². The second-order valence-corrected chi connectivity index (χ2v) is 5.39. The summed E-state index contributed by atoms with van der Waals surface area (Å²) in [5.74, 6) is 0.498. The first-order valence-corrected chi connectivity index (χ1v) is 6.92. The van der Waals surface area contributed by atoms with E-state index in [1.807, 2.05) is 19.1 Å². The molecule has 1 atom stereocenters. The fourth-order valence-corrected chi connectivity index (χ4v) is 3.12. The van der Waals surface area contributed by atoms with Crippen LogP contribution in [0.4, 0.5) is 10.6 Å². The first-order valence-electron chi connectivity index (χ1n) is 6.92. The molecule has 0 aromatic carbocycles. The standard InChI is InChI=1S/C14H18N4O2/c1-10-4-2-5-11(16-10)17-13(20)18-9-3-6-14(18)7-8-15-12(14)19/h2,4-5H,3,6-9H2,1H3,(H,15,19)(H,16,17,20)/t14-/m1/s1. The van der Waals surface area contributed by atoms with E-state index in [-0.39, 0.29) is 11.9 Å². The largest absolute Gasteiger partial charge is 0.354 e. The molecule has 3 rings (SSSR count). The molecule has 6 nitrogen and oxygen atoms in total. The number of carbonyl (C=O) groups excluding carboxylic acids is 2. The van der Waals surface area contributed by atoms with Crippen molar-refractivity contribution < 1.29 is 9.59 Å². The number of nitrogens with one attached hydrogen (secondary N) is 2. The summed E-state index contributed by atoms with van der Waals surface area (Å²) in [6.45, 7) is 3.13. The zero-order valence-corrected chi connectivity index (χ0v) is 11.5. The number of hydrogen-bond acceptors (Lipinski definition) is 3. The quantitative estimate of drug-likeness (QED) is 0.810. The Balaban J connectivity index is 1.78. The van der Waals surface area contributed by atoms with Crippen LogP contribution in [0.25, 0.3) is 0 Å². The average molecular weight is 274 g/mol. The maximum Gasteiger partial charge on any atom is 0.323 e. The van der Waals surface area contributed by atoms with E-state index in [2.05, 4.69) is 15.6 Å². The lowest BCUT2D eigenvalue weighted by Gasteiger charge is -2.32. The molecule has 2 aliphatic rings. The van der Waals surface area contributed by atoms with Crippen molar-refractivity contribution in [3.05, 3.63) is 23.9 Å². The van der Waals surface area contributed by atoms with Gasteiger partial charge in [0.1, 0.15) is 11.4 Å². The van der Waals surface area contributed by atoms with Gasteiger partial charge < -0.3 is 10.2 Å². The Bertz CT molecular complexity index is 556. The molecule has 2 aliphatic heterocycles. The molecule has 1 aromatic heterocycles. The SMILES string of the molecule is Cc1cccc(NC(=O)N2CCC[C@]23CCNC3=O)n1. The molecule has 20 heavy (non-hydrogen) atoms. The van der Waals surface area contributed by atoms with E-state index in [1.54, 1.807) is 11.0 Å². The molecule has 3 heterocycles. The van der Waals surface area contributed by atoms with E-state index in [4.69, 9.17) is 0 Å². The predicted octanol–water partition coefficient (Wildman–Crippen LogP) is 1.28. The summed E-state index contributed by atoms with van der Waals surface area (Å²) in [7, 11) is 0. The molecule has 1 aromatic rings. The lowest BCUT2D eigenvalue weighted by Crippen LogP contribution is -2.53. The van der Waals surface area contributed by atoms with Crippen LogP contribution in [0.15, 0.2) is 18.2 Å². The Morgan fingerprint density at radius 1 is 1.45 bits per heavy atom. The number of aromatic nitrogens is 1. The van der Waals surface area contributed by atoms with E-state index >= 15 is 0 Å². The second-order valence-electron chi connectivity index (χ2n) is 5.39. The normalized spacial score (nSPS) is 25.1. The number of aryl methyl sites for hydroxylation is 1. The minimum absolute atomic E-state index is 0.0256. The molecule has 3 amide bonds. The van der Waals surface area contributed by atoms with Gasteiger partial charge in [0.15, 0.2) is 0 Å². The lowest BCUT2D eigenvalue weighted by molar-refractivity contribution is -0.127.